The number of hydrogen-bond donors (Lipinski definition) is 2. The molecule has 1 aromatic carbocycles. The van der Waals surface area contributed by atoms with Crippen LogP contribution in [0.4, 0.5) is 0 Å². The minimum absolute atomic E-state index is 0.158. The molecule has 0 saturated carbocycles. The summed E-state index contributed by atoms with van der Waals surface area (Å²) in [5.41, 5.74) is 8.34. The average molecular weight is 295 g/mol. The topological polar surface area (TPSA) is 98.5 Å². The van der Waals surface area contributed by atoms with Gasteiger partial charge in [0.15, 0.2) is 0 Å². The zero-order valence-electron chi connectivity index (χ0n) is 11.0. The van der Waals surface area contributed by atoms with Crippen LogP contribution in [0.25, 0.3) is 10.4 Å². The highest BCUT2D eigenvalue weighted by atomic mass is 32.2. The number of aliphatic hydroxyl groups is 2. The Hall–Kier alpha value is -1.24. The molecule has 5 atom stereocenters. The second kappa shape index (κ2) is 6.97. The van der Waals surface area contributed by atoms with E-state index in [1.165, 1.54) is 11.8 Å². The van der Waals surface area contributed by atoms with Crippen LogP contribution >= 0.6 is 11.8 Å². The monoisotopic (exact) mass is 295 g/mol. The summed E-state index contributed by atoms with van der Waals surface area (Å²) in [6, 6.07) is 9.10. The van der Waals surface area contributed by atoms with Crippen molar-refractivity contribution in [2.75, 3.05) is 6.61 Å². The molecule has 0 radical (unpaired) electrons. The number of ether oxygens (including phenoxy) is 1. The molecule has 1 aliphatic heterocycles. The van der Waals surface area contributed by atoms with Gasteiger partial charge in [0.05, 0.1) is 18.8 Å². The van der Waals surface area contributed by atoms with Crippen molar-refractivity contribution in [3.63, 3.8) is 0 Å². The van der Waals surface area contributed by atoms with Crippen molar-refractivity contribution in [1.82, 2.24) is 0 Å². The number of rotatable bonds is 4. The third kappa shape index (κ3) is 3.26. The molecule has 6 nitrogen and oxygen atoms in total. The summed E-state index contributed by atoms with van der Waals surface area (Å²) in [6.07, 6.45) is -1.72. The van der Waals surface area contributed by atoms with Crippen LogP contribution in [0.3, 0.4) is 0 Å². The van der Waals surface area contributed by atoms with Crippen LogP contribution in [-0.2, 0) is 4.74 Å². The van der Waals surface area contributed by atoms with Crippen molar-refractivity contribution >= 4 is 11.8 Å². The second-order valence-corrected chi connectivity index (χ2v) is 5.87. The Bertz CT molecular complexity index is 481. The van der Waals surface area contributed by atoms with E-state index in [4.69, 9.17) is 10.3 Å². The summed E-state index contributed by atoms with van der Waals surface area (Å²) >= 11 is 1.50. The van der Waals surface area contributed by atoms with E-state index < -0.39 is 18.2 Å². The first kappa shape index (κ1) is 15.2. The van der Waals surface area contributed by atoms with E-state index >= 15 is 0 Å². The van der Waals surface area contributed by atoms with Crippen LogP contribution in [0.1, 0.15) is 6.92 Å². The van der Waals surface area contributed by atoms with Gasteiger partial charge in [-0.05, 0) is 17.7 Å². The van der Waals surface area contributed by atoms with E-state index in [1.807, 2.05) is 37.3 Å². The fourth-order valence-electron chi connectivity index (χ4n) is 2.22. The van der Waals surface area contributed by atoms with Crippen LogP contribution < -0.4 is 0 Å². The molecule has 2 unspecified atom stereocenters. The Morgan fingerprint density at radius 3 is 2.70 bits per heavy atom. The zero-order chi connectivity index (χ0) is 14.5. The van der Waals surface area contributed by atoms with Gasteiger partial charge >= 0.3 is 0 Å². The van der Waals surface area contributed by atoms with Gasteiger partial charge in [-0.25, -0.2) is 0 Å². The molecule has 1 saturated heterocycles. The molecule has 7 heteroatoms. The first-order chi connectivity index (χ1) is 9.67. The minimum Gasteiger partial charge on any atom is -0.394 e. The van der Waals surface area contributed by atoms with E-state index in [9.17, 15) is 10.2 Å². The Kier molecular flexibility index (Phi) is 5.28. The Morgan fingerprint density at radius 2 is 2.10 bits per heavy atom. The van der Waals surface area contributed by atoms with Gasteiger partial charge < -0.3 is 14.9 Å². The summed E-state index contributed by atoms with van der Waals surface area (Å²) < 4.78 is 5.72. The van der Waals surface area contributed by atoms with Crippen molar-refractivity contribution in [2.45, 2.75) is 35.5 Å². The standard InChI is InChI=1S/C13H17N3O3S/c1-8-11(15-16-14)12(18)10(7-17)19-13(8)20-9-5-3-2-4-6-9/h2-6,8,10-13,17-18H,7H2,1H3/t8?,10?,11-,12-,13-/m1/s1. The van der Waals surface area contributed by atoms with Crippen LogP contribution in [0.5, 0.6) is 0 Å². The maximum absolute atomic E-state index is 10.1. The average Bonchev–Trinajstić information content (AvgIpc) is 2.47. The first-order valence-corrected chi connectivity index (χ1v) is 7.25. The van der Waals surface area contributed by atoms with Gasteiger partial charge in [-0.2, -0.15) is 0 Å². The van der Waals surface area contributed by atoms with Gasteiger partial charge in [0.2, 0.25) is 0 Å². The fourth-order valence-corrected chi connectivity index (χ4v) is 3.38. The number of benzene rings is 1. The molecular formula is C13H17N3O3S. The molecule has 1 heterocycles. The molecule has 0 aliphatic carbocycles. The second-order valence-electron chi connectivity index (χ2n) is 4.70. The Labute approximate surface area is 121 Å². The molecule has 0 amide bonds. The lowest BCUT2D eigenvalue weighted by molar-refractivity contribution is -0.135. The van der Waals surface area contributed by atoms with Gasteiger partial charge in [-0.3, -0.25) is 0 Å². The Morgan fingerprint density at radius 1 is 1.40 bits per heavy atom. The predicted octanol–water partition coefficient (Wildman–Crippen LogP) is 2.17. The van der Waals surface area contributed by atoms with Crippen molar-refractivity contribution in [3.05, 3.63) is 40.8 Å². The number of thioether (sulfide) groups is 1. The highest BCUT2D eigenvalue weighted by Gasteiger charge is 2.42. The zero-order valence-corrected chi connectivity index (χ0v) is 11.8. The molecule has 1 aliphatic rings. The highest BCUT2D eigenvalue weighted by Crippen LogP contribution is 2.37. The molecule has 1 fully saturated rings. The molecule has 20 heavy (non-hydrogen) atoms. The lowest BCUT2D eigenvalue weighted by atomic mass is 9.92. The molecule has 0 bridgehead atoms. The maximum Gasteiger partial charge on any atom is 0.111 e. The lowest BCUT2D eigenvalue weighted by Gasteiger charge is -2.41. The van der Waals surface area contributed by atoms with E-state index in [2.05, 4.69) is 10.0 Å². The van der Waals surface area contributed by atoms with Gasteiger partial charge in [-0.1, -0.05) is 42.0 Å². The minimum atomic E-state index is -0.987. The van der Waals surface area contributed by atoms with Crippen LogP contribution in [0.2, 0.25) is 0 Å². The molecule has 2 N–H and O–H groups in total. The van der Waals surface area contributed by atoms with E-state index in [1.54, 1.807) is 0 Å². The molecule has 1 aromatic rings. The molecule has 108 valence electrons. The summed E-state index contributed by atoms with van der Waals surface area (Å²) in [7, 11) is 0. The molecule has 0 aromatic heterocycles. The van der Waals surface area contributed by atoms with E-state index in [-0.39, 0.29) is 18.0 Å². The molecule has 2 rings (SSSR count). The summed E-state index contributed by atoms with van der Waals surface area (Å²) in [5.74, 6) is -0.158. The van der Waals surface area contributed by atoms with E-state index in [0.29, 0.717) is 0 Å². The lowest BCUT2D eigenvalue weighted by Crippen LogP contribution is -2.52. The quantitative estimate of drug-likeness (QED) is 0.505. The first-order valence-electron chi connectivity index (χ1n) is 6.37. The van der Waals surface area contributed by atoms with Crippen molar-refractivity contribution in [1.29, 1.82) is 0 Å². The largest absolute Gasteiger partial charge is 0.394 e. The third-order valence-corrected chi connectivity index (χ3v) is 4.69. The van der Waals surface area contributed by atoms with Crippen LogP contribution in [-0.4, -0.2) is 40.5 Å². The normalized spacial score (nSPS) is 33.5. The fraction of sp³-hybridized carbons (Fsp3) is 0.538. The van der Waals surface area contributed by atoms with E-state index in [0.717, 1.165) is 4.90 Å². The Balaban J connectivity index is 2.17. The van der Waals surface area contributed by atoms with Crippen molar-refractivity contribution in [2.24, 2.45) is 11.0 Å². The van der Waals surface area contributed by atoms with Gasteiger partial charge in [-0.15, -0.1) is 0 Å². The molecular weight excluding hydrogens is 278 g/mol. The molecule has 0 spiro atoms. The SMILES string of the molecule is CC1[C@@H](Sc2ccccc2)OC(CO)[C@@H](O)[C@@H]1N=[N+]=[N-]. The van der Waals surface area contributed by atoms with Crippen molar-refractivity contribution < 1.29 is 14.9 Å². The van der Waals surface area contributed by atoms with Crippen LogP contribution in [0, 0.1) is 5.92 Å². The smallest absolute Gasteiger partial charge is 0.111 e. The summed E-state index contributed by atoms with van der Waals surface area (Å²) in [4.78, 5) is 3.81. The number of hydrogen-bond acceptors (Lipinski definition) is 5. The van der Waals surface area contributed by atoms with Crippen molar-refractivity contribution in [3.8, 4) is 0 Å². The number of aliphatic hydroxyl groups excluding tert-OH is 2. The third-order valence-electron chi connectivity index (χ3n) is 3.37. The predicted molar refractivity (Wildman–Crippen MR) is 76.2 cm³/mol. The maximum atomic E-state index is 10.1. The van der Waals surface area contributed by atoms with Crippen LogP contribution in [0.15, 0.2) is 40.3 Å². The van der Waals surface area contributed by atoms with Gasteiger partial charge in [0, 0.05) is 15.7 Å². The summed E-state index contributed by atoms with van der Waals surface area (Å²) in [6.45, 7) is 1.56. The van der Waals surface area contributed by atoms with Gasteiger partial charge in [0.25, 0.3) is 0 Å². The summed E-state index contributed by atoms with van der Waals surface area (Å²) in [5, 5.41) is 23.0. The number of azide groups is 1. The highest BCUT2D eigenvalue weighted by molar-refractivity contribution is 7.99. The number of nitrogens with zero attached hydrogens (tertiary/aromatic N) is 3. The van der Waals surface area contributed by atoms with Gasteiger partial charge in [0.1, 0.15) is 11.5 Å².